The second-order valence-electron chi connectivity index (χ2n) is 5.09. The highest BCUT2D eigenvalue weighted by molar-refractivity contribution is 6.20. The lowest BCUT2D eigenvalue weighted by Gasteiger charge is -2.15. The third-order valence-electron chi connectivity index (χ3n) is 3.21. The fourth-order valence-corrected chi connectivity index (χ4v) is 2.50. The Kier molecular flexibility index (Phi) is 5.32. The van der Waals surface area contributed by atoms with Gasteiger partial charge in [-0.05, 0) is 36.4 Å². The van der Waals surface area contributed by atoms with Crippen molar-refractivity contribution in [2.24, 2.45) is 0 Å². The van der Waals surface area contributed by atoms with Gasteiger partial charge in [-0.1, -0.05) is 54.6 Å². The lowest BCUT2D eigenvalue weighted by molar-refractivity contribution is 0.204. The Morgan fingerprint density at radius 2 is 0.833 bits per heavy atom. The van der Waals surface area contributed by atoms with E-state index in [2.05, 4.69) is 0 Å². The molecule has 3 aromatic rings. The summed E-state index contributed by atoms with van der Waals surface area (Å²) in [5, 5.41) is 0.675. The molecule has 120 valence electrons. The summed E-state index contributed by atoms with van der Waals surface area (Å²) in [6.45, 7) is 0. The summed E-state index contributed by atoms with van der Waals surface area (Å²) in [7, 11) is 0.636. The Balaban J connectivity index is 1.86. The molecule has 3 aromatic carbocycles. The van der Waals surface area contributed by atoms with E-state index in [1.165, 1.54) is 0 Å². The molecule has 0 spiro atoms. The Bertz CT molecular complexity index is 743. The largest absolute Gasteiger partial charge is 0.461 e. The van der Waals surface area contributed by atoms with Crippen LogP contribution in [0.15, 0.2) is 102 Å². The third kappa shape index (κ3) is 4.51. The summed E-state index contributed by atoms with van der Waals surface area (Å²) in [5.41, 5.74) is 0. The first-order valence-corrected chi connectivity index (χ1v) is 8.71. The van der Waals surface area contributed by atoms with Crippen molar-refractivity contribution in [3.63, 3.8) is 0 Å². The van der Waals surface area contributed by atoms with Crippen molar-refractivity contribution in [1.82, 2.24) is 0 Å². The zero-order valence-electron chi connectivity index (χ0n) is 13.4. The van der Waals surface area contributed by atoms with Crippen LogP contribution >= 0.6 is 0 Å². The summed E-state index contributed by atoms with van der Waals surface area (Å²) >= 11 is 0. The van der Waals surface area contributed by atoms with Gasteiger partial charge in [-0.25, -0.2) is 0 Å². The lowest BCUT2D eigenvalue weighted by Crippen LogP contribution is -2.12. The minimum absolute atomic E-state index is 0.364. The second-order valence-corrected chi connectivity index (χ2v) is 6.00. The van der Waals surface area contributed by atoms with Crippen LogP contribution in [0.5, 0.6) is 17.2 Å². The maximum atomic E-state index is 5.92. The van der Waals surface area contributed by atoms with Crippen LogP contribution in [0, 0.1) is 0 Å². The minimum atomic E-state index is 0.364. The van der Waals surface area contributed by atoms with Crippen molar-refractivity contribution in [3.05, 3.63) is 102 Å². The number of rotatable bonds is 6. The first-order chi connectivity index (χ1) is 11.8. The standard InChI is InChI=1S/C20H18O3Si/c24-20(23-18-14-8-3-9-15-18)19(21-16-10-4-1-5-11-16)22-17-12-6-2-7-13-17/h1-15H,24H3. The maximum absolute atomic E-state index is 5.92. The van der Waals surface area contributed by atoms with Gasteiger partial charge in [0, 0.05) is 0 Å². The fraction of sp³-hybridized carbons (Fsp3) is 0. The highest BCUT2D eigenvalue weighted by atomic mass is 28.1. The Hall–Kier alpha value is -2.98. The molecule has 24 heavy (non-hydrogen) atoms. The molecule has 0 amide bonds. The maximum Gasteiger partial charge on any atom is 0.324 e. The van der Waals surface area contributed by atoms with E-state index < -0.39 is 0 Å². The van der Waals surface area contributed by atoms with E-state index in [0.717, 1.165) is 5.75 Å². The van der Waals surface area contributed by atoms with Crippen LogP contribution in [-0.2, 0) is 0 Å². The Morgan fingerprint density at radius 3 is 1.21 bits per heavy atom. The predicted octanol–water partition coefficient (Wildman–Crippen LogP) is 3.72. The smallest absolute Gasteiger partial charge is 0.324 e. The molecule has 0 saturated heterocycles. The number of hydrogen-bond donors (Lipinski definition) is 0. The molecule has 3 nitrogen and oxygen atoms in total. The van der Waals surface area contributed by atoms with Crippen molar-refractivity contribution in [3.8, 4) is 17.2 Å². The van der Waals surface area contributed by atoms with Gasteiger partial charge >= 0.3 is 5.95 Å². The van der Waals surface area contributed by atoms with Crippen LogP contribution in [0.4, 0.5) is 0 Å². The molecule has 0 heterocycles. The monoisotopic (exact) mass is 334 g/mol. The summed E-state index contributed by atoms with van der Waals surface area (Å²) < 4.78 is 17.8. The topological polar surface area (TPSA) is 27.7 Å². The van der Waals surface area contributed by atoms with Crippen molar-refractivity contribution in [1.29, 1.82) is 0 Å². The summed E-state index contributed by atoms with van der Waals surface area (Å²) in [5.74, 6) is 2.53. The number of hydrogen-bond acceptors (Lipinski definition) is 3. The SMILES string of the molecule is [SiH3]C(Oc1ccccc1)=C(Oc1ccccc1)Oc1ccccc1. The van der Waals surface area contributed by atoms with Crippen molar-refractivity contribution < 1.29 is 14.2 Å². The molecule has 3 rings (SSSR count). The van der Waals surface area contributed by atoms with Gasteiger partial charge in [0.2, 0.25) is 0 Å². The average molecular weight is 334 g/mol. The highest BCUT2D eigenvalue weighted by Gasteiger charge is 2.11. The molecule has 0 aliphatic rings. The lowest BCUT2D eigenvalue weighted by atomic mass is 10.3. The molecule has 0 saturated carbocycles. The first-order valence-electron chi connectivity index (χ1n) is 7.71. The molecule has 0 aliphatic heterocycles. The predicted molar refractivity (Wildman–Crippen MR) is 98.2 cm³/mol. The van der Waals surface area contributed by atoms with E-state index in [-0.39, 0.29) is 0 Å². The van der Waals surface area contributed by atoms with Gasteiger partial charge in [-0.2, -0.15) is 0 Å². The average Bonchev–Trinajstić information content (AvgIpc) is 2.64. The van der Waals surface area contributed by atoms with Gasteiger partial charge in [0.15, 0.2) is 5.38 Å². The number of ether oxygens (including phenoxy) is 3. The molecule has 0 radical (unpaired) electrons. The van der Waals surface area contributed by atoms with E-state index in [4.69, 9.17) is 14.2 Å². The molecular formula is C20H18O3Si. The van der Waals surface area contributed by atoms with Crippen molar-refractivity contribution in [2.45, 2.75) is 0 Å². The van der Waals surface area contributed by atoms with E-state index in [1.807, 2.05) is 91.0 Å². The normalized spacial score (nSPS) is 10.0. The number of para-hydroxylation sites is 3. The Labute approximate surface area is 144 Å². The minimum Gasteiger partial charge on any atom is -0.461 e. The third-order valence-corrected chi connectivity index (χ3v) is 3.82. The summed E-state index contributed by atoms with van der Waals surface area (Å²) in [6.07, 6.45) is 0. The van der Waals surface area contributed by atoms with E-state index in [1.54, 1.807) is 0 Å². The van der Waals surface area contributed by atoms with Crippen molar-refractivity contribution in [2.75, 3.05) is 0 Å². The molecular weight excluding hydrogens is 316 g/mol. The molecule has 0 aliphatic carbocycles. The van der Waals surface area contributed by atoms with E-state index in [9.17, 15) is 0 Å². The summed E-state index contributed by atoms with van der Waals surface area (Å²) in [4.78, 5) is 0. The molecule has 0 aromatic heterocycles. The van der Waals surface area contributed by atoms with Gasteiger partial charge in [0.1, 0.15) is 17.2 Å². The van der Waals surface area contributed by atoms with Crippen LogP contribution in [-0.4, -0.2) is 10.2 Å². The molecule has 0 unspecified atom stereocenters. The van der Waals surface area contributed by atoms with E-state index >= 15 is 0 Å². The highest BCUT2D eigenvalue weighted by Crippen LogP contribution is 2.21. The Morgan fingerprint density at radius 1 is 0.500 bits per heavy atom. The van der Waals surface area contributed by atoms with Gasteiger partial charge < -0.3 is 14.2 Å². The van der Waals surface area contributed by atoms with Crippen LogP contribution in [0.2, 0.25) is 0 Å². The van der Waals surface area contributed by atoms with Crippen molar-refractivity contribution >= 4 is 10.2 Å². The van der Waals surface area contributed by atoms with E-state index in [0.29, 0.717) is 33.1 Å². The van der Waals surface area contributed by atoms with Crippen LogP contribution < -0.4 is 14.2 Å². The number of benzene rings is 3. The van der Waals surface area contributed by atoms with Crippen LogP contribution in [0.1, 0.15) is 0 Å². The van der Waals surface area contributed by atoms with Gasteiger partial charge in [0.25, 0.3) is 0 Å². The van der Waals surface area contributed by atoms with Gasteiger partial charge in [0.05, 0.1) is 10.2 Å². The second kappa shape index (κ2) is 8.03. The van der Waals surface area contributed by atoms with Crippen LogP contribution in [0.3, 0.4) is 0 Å². The zero-order valence-corrected chi connectivity index (χ0v) is 15.4. The summed E-state index contributed by atoms with van der Waals surface area (Å²) in [6, 6.07) is 28.7. The molecule has 4 heteroatoms. The van der Waals surface area contributed by atoms with Gasteiger partial charge in [-0.15, -0.1) is 0 Å². The molecule has 0 atom stereocenters. The first kappa shape index (κ1) is 15.9. The molecule has 0 fully saturated rings. The van der Waals surface area contributed by atoms with Crippen LogP contribution in [0.25, 0.3) is 0 Å². The van der Waals surface area contributed by atoms with Gasteiger partial charge in [-0.3, -0.25) is 0 Å². The molecule has 0 N–H and O–H groups in total. The zero-order chi connectivity index (χ0) is 16.6. The quantitative estimate of drug-likeness (QED) is 0.508. The fourth-order valence-electron chi connectivity index (χ4n) is 2.06. The molecule has 0 bridgehead atoms.